The van der Waals surface area contributed by atoms with Crippen LogP contribution in [-0.2, 0) is 0 Å². The van der Waals surface area contributed by atoms with Crippen molar-refractivity contribution in [1.29, 1.82) is 0 Å². The first-order chi connectivity index (χ1) is 13.1. The summed E-state index contributed by atoms with van der Waals surface area (Å²) in [6.07, 6.45) is 1.73. The van der Waals surface area contributed by atoms with Crippen molar-refractivity contribution in [2.75, 3.05) is 7.11 Å². The summed E-state index contributed by atoms with van der Waals surface area (Å²) in [7, 11) is 1.56. The topological polar surface area (TPSA) is 75.5 Å². The van der Waals surface area contributed by atoms with Gasteiger partial charge in [-0.25, -0.2) is 9.97 Å². The fourth-order valence-electron chi connectivity index (χ4n) is 2.40. The first-order valence-corrected chi connectivity index (χ1v) is 8.90. The summed E-state index contributed by atoms with van der Waals surface area (Å²) >= 11 is 3.25. The maximum absolute atomic E-state index is 9.36. The predicted octanol–water partition coefficient (Wildman–Crippen LogP) is 5.17. The normalized spacial score (nSPS) is 10.1. The number of hydrogen-bond donors (Lipinski definition) is 2. The molecule has 0 aliphatic carbocycles. The Balaban J connectivity index is 0.000000180. The van der Waals surface area contributed by atoms with Gasteiger partial charge in [-0.15, -0.1) is 0 Å². The van der Waals surface area contributed by atoms with Crippen molar-refractivity contribution < 1.29 is 14.9 Å². The third kappa shape index (κ3) is 4.74. The molecular formula is C21H17BrN2O3. The standard InChI is InChI=1S/C14H10N2O.C7H7BrO2/c17-12-6-7-13-11(8-12)9-15-14(16-13)10-4-2-1-3-5-10;1-10-7-4-5(9)2-3-6(7)8/h1-9,17H;2-4,9H,1H3. The van der Waals surface area contributed by atoms with E-state index in [1.165, 1.54) is 0 Å². The highest BCUT2D eigenvalue weighted by Crippen LogP contribution is 2.28. The van der Waals surface area contributed by atoms with E-state index in [0.29, 0.717) is 11.6 Å². The van der Waals surface area contributed by atoms with Crippen LogP contribution in [-0.4, -0.2) is 27.3 Å². The molecule has 4 rings (SSSR count). The third-order valence-electron chi connectivity index (χ3n) is 3.73. The molecule has 0 radical (unpaired) electrons. The van der Waals surface area contributed by atoms with Crippen molar-refractivity contribution in [1.82, 2.24) is 9.97 Å². The average Bonchev–Trinajstić information content (AvgIpc) is 2.70. The zero-order valence-electron chi connectivity index (χ0n) is 14.5. The van der Waals surface area contributed by atoms with Crippen molar-refractivity contribution in [3.63, 3.8) is 0 Å². The summed E-state index contributed by atoms with van der Waals surface area (Å²) in [6.45, 7) is 0. The summed E-state index contributed by atoms with van der Waals surface area (Å²) in [5, 5.41) is 19.2. The number of phenolic OH excluding ortho intramolecular Hbond substituents is 2. The van der Waals surface area contributed by atoms with Gasteiger partial charge >= 0.3 is 0 Å². The number of aromatic nitrogens is 2. The van der Waals surface area contributed by atoms with Crippen LogP contribution in [0.25, 0.3) is 22.3 Å². The van der Waals surface area contributed by atoms with Crippen LogP contribution in [0.4, 0.5) is 0 Å². The minimum Gasteiger partial charge on any atom is -0.508 e. The molecule has 0 atom stereocenters. The maximum atomic E-state index is 9.36. The third-order valence-corrected chi connectivity index (χ3v) is 4.39. The van der Waals surface area contributed by atoms with Crippen LogP contribution in [0.5, 0.6) is 17.2 Å². The van der Waals surface area contributed by atoms with Gasteiger partial charge in [-0.1, -0.05) is 30.3 Å². The SMILES string of the molecule is COc1cc(O)ccc1Br.Oc1ccc2nc(-c3ccccc3)ncc2c1. The summed E-state index contributed by atoms with van der Waals surface area (Å²) < 4.78 is 5.76. The highest BCUT2D eigenvalue weighted by atomic mass is 79.9. The molecule has 0 amide bonds. The van der Waals surface area contributed by atoms with E-state index >= 15 is 0 Å². The molecule has 1 heterocycles. The van der Waals surface area contributed by atoms with Crippen LogP contribution in [0.1, 0.15) is 0 Å². The molecule has 1 aromatic heterocycles. The van der Waals surface area contributed by atoms with Gasteiger partial charge in [-0.3, -0.25) is 0 Å². The highest BCUT2D eigenvalue weighted by molar-refractivity contribution is 9.10. The number of hydrogen-bond acceptors (Lipinski definition) is 5. The first-order valence-electron chi connectivity index (χ1n) is 8.10. The lowest BCUT2D eigenvalue weighted by atomic mass is 10.2. The fourth-order valence-corrected chi connectivity index (χ4v) is 2.80. The van der Waals surface area contributed by atoms with E-state index in [0.717, 1.165) is 20.9 Å². The monoisotopic (exact) mass is 424 g/mol. The van der Waals surface area contributed by atoms with Crippen molar-refractivity contribution >= 4 is 26.8 Å². The second kappa shape index (κ2) is 8.51. The Morgan fingerprint density at radius 1 is 0.889 bits per heavy atom. The number of benzene rings is 3. The fraction of sp³-hybridized carbons (Fsp3) is 0.0476. The molecule has 0 saturated carbocycles. The van der Waals surface area contributed by atoms with Crippen LogP contribution < -0.4 is 4.74 Å². The van der Waals surface area contributed by atoms with Crippen molar-refractivity contribution in [3.05, 3.63) is 77.4 Å². The quantitative estimate of drug-likeness (QED) is 0.464. The van der Waals surface area contributed by atoms with Crippen LogP contribution >= 0.6 is 15.9 Å². The van der Waals surface area contributed by atoms with Gasteiger partial charge in [0.15, 0.2) is 5.82 Å². The number of ether oxygens (including phenoxy) is 1. The lowest BCUT2D eigenvalue weighted by Crippen LogP contribution is -1.89. The number of rotatable bonds is 2. The molecule has 0 unspecified atom stereocenters. The van der Waals surface area contributed by atoms with E-state index in [-0.39, 0.29) is 11.5 Å². The van der Waals surface area contributed by atoms with Gasteiger partial charge in [-0.05, 0) is 46.3 Å². The minimum atomic E-state index is 0.208. The predicted molar refractivity (Wildman–Crippen MR) is 109 cm³/mol. The van der Waals surface area contributed by atoms with Gasteiger partial charge in [0.1, 0.15) is 17.2 Å². The Morgan fingerprint density at radius 3 is 2.30 bits per heavy atom. The number of halogens is 1. The number of phenols is 2. The molecule has 0 aliphatic rings. The lowest BCUT2D eigenvalue weighted by Gasteiger charge is -2.02. The number of methoxy groups -OCH3 is 1. The molecule has 0 aliphatic heterocycles. The number of fused-ring (bicyclic) bond motifs is 1. The zero-order chi connectivity index (χ0) is 19.2. The molecule has 2 N–H and O–H groups in total. The molecule has 136 valence electrons. The van der Waals surface area contributed by atoms with Crippen LogP contribution in [0.15, 0.2) is 77.4 Å². The van der Waals surface area contributed by atoms with Crippen LogP contribution in [0, 0.1) is 0 Å². The molecular weight excluding hydrogens is 408 g/mol. The summed E-state index contributed by atoms with van der Waals surface area (Å²) in [5.41, 5.74) is 1.82. The van der Waals surface area contributed by atoms with E-state index in [1.54, 1.807) is 49.7 Å². The number of aromatic hydroxyl groups is 2. The van der Waals surface area contributed by atoms with E-state index in [1.807, 2.05) is 30.3 Å². The van der Waals surface area contributed by atoms with Crippen molar-refractivity contribution in [2.45, 2.75) is 0 Å². The smallest absolute Gasteiger partial charge is 0.159 e. The van der Waals surface area contributed by atoms with E-state index < -0.39 is 0 Å². The summed E-state index contributed by atoms with van der Waals surface area (Å²) in [5.74, 6) is 1.78. The second-order valence-electron chi connectivity index (χ2n) is 5.62. The lowest BCUT2D eigenvalue weighted by molar-refractivity contribution is 0.405. The molecule has 5 nitrogen and oxygen atoms in total. The Bertz CT molecular complexity index is 1060. The van der Waals surface area contributed by atoms with E-state index in [4.69, 9.17) is 9.84 Å². The largest absolute Gasteiger partial charge is 0.508 e. The van der Waals surface area contributed by atoms with Gasteiger partial charge < -0.3 is 14.9 Å². The Hall–Kier alpha value is -3.12. The maximum Gasteiger partial charge on any atom is 0.159 e. The first kappa shape index (κ1) is 18.7. The van der Waals surface area contributed by atoms with E-state index in [2.05, 4.69) is 25.9 Å². The van der Waals surface area contributed by atoms with Gasteiger partial charge in [0.25, 0.3) is 0 Å². The number of nitrogens with zero attached hydrogens (tertiary/aromatic N) is 2. The average molecular weight is 425 g/mol. The molecule has 0 saturated heterocycles. The van der Waals surface area contributed by atoms with Crippen LogP contribution in [0.2, 0.25) is 0 Å². The second-order valence-corrected chi connectivity index (χ2v) is 6.48. The summed E-state index contributed by atoms with van der Waals surface area (Å²) in [6, 6.07) is 19.8. The van der Waals surface area contributed by atoms with Crippen LogP contribution in [0.3, 0.4) is 0 Å². The highest BCUT2D eigenvalue weighted by Gasteiger charge is 2.03. The Kier molecular flexibility index (Phi) is 5.88. The van der Waals surface area contributed by atoms with E-state index in [9.17, 15) is 5.11 Å². The molecule has 0 spiro atoms. The van der Waals surface area contributed by atoms with Crippen molar-refractivity contribution in [3.8, 4) is 28.6 Å². The molecule has 0 bridgehead atoms. The summed E-state index contributed by atoms with van der Waals surface area (Å²) in [4.78, 5) is 8.76. The molecule has 0 fully saturated rings. The molecule has 6 heteroatoms. The molecule has 4 aromatic rings. The van der Waals surface area contributed by atoms with Gasteiger partial charge in [0, 0.05) is 23.2 Å². The zero-order valence-corrected chi connectivity index (χ0v) is 16.1. The Labute approximate surface area is 165 Å². The van der Waals surface area contributed by atoms with Gasteiger partial charge in [-0.2, -0.15) is 0 Å². The molecule has 27 heavy (non-hydrogen) atoms. The minimum absolute atomic E-state index is 0.208. The Morgan fingerprint density at radius 2 is 1.59 bits per heavy atom. The van der Waals surface area contributed by atoms with Crippen molar-refractivity contribution in [2.24, 2.45) is 0 Å². The molecule has 3 aromatic carbocycles. The van der Waals surface area contributed by atoms with Gasteiger partial charge in [0.05, 0.1) is 17.1 Å². The van der Waals surface area contributed by atoms with Gasteiger partial charge in [0.2, 0.25) is 0 Å².